The number of aliphatic hydroxyl groups excluding tert-OH is 1. The first-order chi connectivity index (χ1) is 11.0. The van der Waals surface area contributed by atoms with Gasteiger partial charge in [-0.3, -0.25) is 9.69 Å². The van der Waals surface area contributed by atoms with Crippen molar-refractivity contribution in [3.8, 4) is 5.75 Å². The van der Waals surface area contributed by atoms with E-state index >= 15 is 0 Å². The summed E-state index contributed by atoms with van der Waals surface area (Å²) in [6, 6.07) is 5.40. The third-order valence-electron chi connectivity index (χ3n) is 4.48. The average Bonchev–Trinajstić information content (AvgIpc) is 2.53. The molecule has 2 rings (SSSR count). The standard InChI is InChI=1S/C17H25ClN2O3/c1-12-4-3-7-20(15(12)11-21)10-17(22)19-9-13-8-14(18)5-6-16(13)23-2/h5-6,8,12,15,21H,3-4,7,9-11H2,1-2H3,(H,19,22). The van der Waals surface area contributed by atoms with E-state index in [2.05, 4.69) is 17.1 Å². The molecule has 2 atom stereocenters. The average molecular weight is 341 g/mol. The topological polar surface area (TPSA) is 61.8 Å². The number of ether oxygens (including phenoxy) is 1. The van der Waals surface area contributed by atoms with Gasteiger partial charge in [-0.05, 0) is 43.5 Å². The van der Waals surface area contributed by atoms with Crippen LogP contribution in [0.5, 0.6) is 5.75 Å². The second kappa shape index (κ2) is 8.52. The van der Waals surface area contributed by atoms with Crippen LogP contribution in [0.2, 0.25) is 5.02 Å². The Morgan fingerprint density at radius 2 is 2.30 bits per heavy atom. The van der Waals surface area contributed by atoms with Crippen molar-refractivity contribution in [3.63, 3.8) is 0 Å². The van der Waals surface area contributed by atoms with Crippen molar-refractivity contribution >= 4 is 17.5 Å². The number of rotatable bonds is 6. The summed E-state index contributed by atoms with van der Waals surface area (Å²) in [7, 11) is 1.59. The van der Waals surface area contributed by atoms with Crippen LogP contribution in [-0.4, -0.2) is 48.8 Å². The molecule has 128 valence electrons. The van der Waals surface area contributed by atoms with Gasteiger partial charge in [-0.1, -0.05) is 18.5 Å². The van der Waals surface area contributed by atoms with E-state index in [1.807, 2.05) is 0 Å². The molecular weight excluding hydrogens is 316 g/mol. The number of piperidine rings is 1. The van der Waals surface area contributed by atoms with Gasteiger partial charge < -0.3 is 15.2 Å². The number of benzene rings is 1. The Balaban J connectivity index is 1.91. The first-order valence-corrected chi connectivity index (χ1v) is 8.37. The lowest BCUT2D eigenvalue weighted by atomic mass is 9.91. The number of hydrogen-bond donors (Lipinski definition) is 2. The lowest BCUT2D eigenvalue weighted by Crippen LogP contribution is -2.50. The second-order valence-corrected chi connectivity index (χ2v) is 6.51. The Hall–Kier alpha value is -1.30. The third kappa shape index (κ3) is 4.83. The molecule has 6 heteroatoms. The monoisotopic (exact) mass is 340 g/mol. The van der Waals surface area contributed by atoms with Crippen LogP contribution in [-0.2, 0) is 11.3 Å². The minimum atomic E-state index is -0.0559. The van der Waals surface area contributed by atoms with E-state index in [1.165, 1.54) is 0 Å². The number of amides is 1. The van der Waals surface area contributed by atoms with Gasteiger partial charge >= 0.3 is 0 Å². The quantitative estimate of drug-likeness (QED) is 0.832. The van der Waals surface area contributed by atoms with Crippen molar-refractivity contribution in [2.45, 2.75) is 32.4 Å². The highest BCUT2D eigenvalue weighted by molar-refractivity contribution is 6.30. The third-order valence-corrected chi connectivity index (χ3v) is 4.72. The van der Waals surface area contributed by atoms with Gasteiger partial charge in [0.2, 0.25) is 5.91 Å². The Morgan fingerprint density at radius 3 is 3.00 bits per heavy atom. The van der Waals surface area contributed by atoms with Crippen LogP contribution in [0.25, 0.3) is 0 Å². The van der Waals surface area contributed by atoms with E-state index in [4.69, 9.17) is 16.3 Å². The molecule has 2 unspecified atom stereocenters. The number of nitrogens with zero attached hydrogens (tertiary/aromatic N) is 1. The van der Waals surface area contributed by atoms with Crippen LogP contribution in [0.4, 0.5) is 0 Å². The lowest BCUT2D eigenvalue weighted by molar-refractivity contribution is -0.124. The van der Waals surface area contributed by atoms with Gasteiger partial charge in [-0.2, -0.15) is 0 Å². The summed E-state index contributed by atoms with van der Waals surface area (Å²) in [6.07, 6.45) is 2.16. The molecule has 0 aliphatic carbocycles. The zero-order valence-corrected chi connectivity index (χ0v) is 14.5. The minimum absolute atomic E-state index is 0.0559. The molecule has 5 nitrogen and oxygen atoms in total. The van der Waals surface area contributed by atoms with Gasteiger partial charge in [0.25, 0.3) is 0 Å². The molecule has 0 radical (unpaired) electrons. The fourth-order valence-corrected chi connectivity index (χ4v) is 3.34. The maximum absolute atomic E-state index is 12.2. The number of carbonyl (C=O) groups is 1. The highest BCUT2D eigenvalue weighted by Gasteiger charge is 2.28. The van der Waals surface area contributed by atoms with E-state index < -0.39 is 0 Å². The number of nitrogens with one attached hydrogen (secondary N) is 1. The van der Waals surface area contributed by atoms with Gasteiger partial charge in [0.05, 0.1) is 20.3 Å². The Kier molecular flexibility index (Phi) is 6.69. The van der Waals surface area contributed by atoms with E-state index in [1.54, 1.807) is 25.3 Å². The number of hydrogen-bond acceptors (Lipinski definition) is 4. The minimum Gasteiger partial charge on any atom is -0.496 e. The number of methoxy groups -OCH3 is 1. The van der Waals surface area contributed by atoms with Gasteiger partial charge in [-0.15, -0.1) is 0 Å². The largest absolute Gasteiger partial charge is 0.496 e. The molecule has 1 saturated heterocycles. The van der Waals surface area contributed by atoms with E-state index in [9.17, 15) is 9.90 Å². The number of aliphatic hydroxyl groups is 1. The first kappa shape index (κ1) is 18.0. The Labute approximate surface area is 142 Å². The summed E-state index contributed by atoms with van der Waals surface area (Å²) >= 11 is 5.99. The van der Waals surface area contributed by atoms with Crippen LogP contribution < -0.4 is 10.1 Å². The highest BCUT2D eigenvalue weighted by Crippen LogP contribution is 2.23. The summed E-state index contributed by atoms with van der Waals surface area (Å²) in [4.78, 5) is 14.3. The number of carbonyl (C=O) groups excluding carboxylic acids is 1. The summed E-state index contributed by atoms with van der Waals surface area (Å²) in [6.45, 7) is 3.75. The van der Waals surface area contributed by atoms with Crippen LogP contribution in [0.3, 0.4) is 0 Å². The van der Waals surface area contributed by atoms with Crippen molar-refractivity contribution in [1.82, 2.24) is 10.2 Å². The van der Waals surface area contributed by atoms with Gasteiger partial charge in [-0.25, -0.2) is 0 Å². The van der Waals surface area contributed by atoms with Crippen molar-refractivity contribution < 1.29 is 14.6 Å². The maximum atomic E-state index is 12.2. The van der Waals surface area contributed by atoms with Crippen molar-refractivity contribution in [3.05, 3.63) is 28.8 Å². The smallest absolute Gasteiger partial charge is 0.234 e. The predicted octanol–water partition coefficient (Wildman–Crippen LogP) is 2.06. The molecule has 0 spiro atoms. The predicted molar refractivity (Wildman–Crippen MR) is 90.7 cm³/mol. The molecule has 1 aromatic rings. The zero-order valence-electron chi connectivity index (χ0n) is 13.7. The van der Waals surface area contributed by atoms with Gasteiger partial charge in [0, 0.05) is 23.2 Å². The summed E-state index contributed by atoms with van der Waals surface area (Å²) in [5, 5.41) is 13.1. The molecule has 23 heavy (non-hydrogen) atoms. The van der Waals surface area contributed by atoms with Crippen molar-refractivity contribution in [2.24, 2.45) is 5.92 Å². The Morgan fingerprint density at radius 1 is 1.52 bits per heavy atom. The molecule has 0 bridgehead atoms. The second-order valence-electron chi connectivity index (χ2n) is 6.07. The van der Waals surface area contributed by atoms with E-state index in [0.717, 1.165) is 24.9 Å². The maximum Gasteiger partial charge on any atom is 0.234 e. The van der Waals surface area contributed by atoms with E-state index in [0.29, 0.717) is 29.8 Å². The summed E-state index contributed by atoms with van der Waals surface area (Å²) < 4.78 is 5.28. The lowest BCUT2D eigenvalue weighted by Gasteiger charge is -2.38. The number of likely N-dealkylation sites (tertiary alicyclic amines) is 1. The summed E-state index contributed by atoms with van der Waals surface area (Å²) in [5.41, 5.74) is 0.846. The molecule has 1 aliphatic heterocycles. The first-order valence-electron chi connectivity index (χ1n) is 7.99. The zero-order chi connectivity index (χ0) is 16.8. The van der Waals surface area contributed by atoms with Crippen molar-refractivity contribution in [1.29, 1.82) is 0 Å². The molecule has 1 fully saturated rings. The fourth-order valence-electron chi connectivity index (χ4n) is 3.15. The normalized spacial score (nSPS) is 21.9. The van der Waals surface area contributed by atoms with Gasteiger partial charge in [0.15, 0.2) is 0 Å². The van der Waals surface area contributed by atoms with Crippen molar-refractivity contribution in [2.75, 3.05) is 26.8 Å². The van der Waals surface area contributed by atoms with Crippen LogP contribution >= 0.6 is 11.6 Å². The molecule has 1 aliphatic rings. The number of halogens is 1. The fraction of sp³-hybridized carbons (Fsp3) is 0.588. The molecule has 0 saturated carbocycles. The molecular formula is C17H25ClN2O3. The molecule has 2 N–H and O–H groups in total. The summed E-state index contributed by atoms with van der Waals surface area (Å²) in [5.74, 6) is 1.06. The van der Waals surface area contributed by atoms with Crippen LogP contribution in [0.15, 0.2) is 18.2 Å². The SMILES string of the molecule is COc1ccc(Cl)cc1CNC(=O)CN1CCCC(C)C1CO. The van der Waals surface area contributed by atoms with Crippen LogP contribution in [0.1, 0.15) is 25.3 Å². The molecule has 1 heterocycles. The van der Waals surface area contributed by atoms with Crippen LogP contribution in [0, 0.1) is 5.92 Å². The van der Waals surface area contributed by atoms with E-state index in [-0.39, 0.29) is 18.6 Å². The molecule has 1 amide bonds. The van der Waals surface area contributed by atoms with Gasteiger partial charge in [0.1, 0.15) is 5.75 Å². The molecule has 0 aromatic heterocycles. The highest BCUT2D eigenvalue weighted by atomic mass is 35.5. The molecule has 1 aromatic carbocycles. The Bertz CT molecular complexity index is 539.